The molecule has 1 atom stereocenters. The maximum absolute atomic E-state index is 5.82. The van der Waals surface area contributed by atoms with Gasteiger partial charge in [-0.05, 0) is 35.8 Å². The number of benzene rings is 1. The van der Waals surface area contributed by atoms with Gasteiger partial charge in [0.1, 0.15) is 0 Å². The Hall–Kier alpha value is -0.820. The zero-order valence-electron chi connectivity index (χ0n) is 10.3. The Balaban J connectivity index is 2.15. The molecule has 2 rings (SSSR count). The van der Waals surface area contributed by atoms with Gasteiger partial charge in [0.2, 0.25) is 0 Å². The molecule has 88 valence electrons. The Morgan fingerprint density at radius 3 is 2.56 bits per heavy atom. The zero-order chi connectivity index (χ0) is 11.4. The minimum absolute atomic E-state index is 0.674. The first-order valence-corrected chi connectivity index (χ1v) is 6.61. The quantitative estimate of drug-likeness (QED) is 0.818. The molecular weight excluding hydrogens is 194 g/mol. The van der Waals surface area contributed by atoms with E-state index >= 15 is 0 Å². The lowest BCUT2D eigenvalue weighted by molar-refractivity contribution is 0.315. The SMILES string of the molecule is CC(c1ccccc1CN)C1CCCCC1. The smallest absolute Gasteiger partial charge is 0.0180 e. The van der Waals surface area contributed by atoms with Crippen LogP contribution in [0.1, 0.15) is 56.1 Å². The molecule has 1 nitrogen and oxygen atoms in total. The molecule has 1 unspecified atom stereocenters. The lowest BCUT2D eigenvalue weighted by Crippen LogP contribution is -2.16. The lowest BCUT2D eigenvalue weighted by Gasteiger charge is -2.29. The second-order valence-corrected chi connectivity index (χ2v) is 5.09. The molecule has 1 aromatic rings. The van der Waals surface area contributed by atoms with Gasteiger partial charge in [-0.3, -0.25) is 0 Å². The van der Waals surface area contributed by atoms with Gasteiger partial charge >= 0.3 is 0 Å². The van der Waals surface area contributed by atoms with Crippen molar-refractivity contribution in [1.82, 2.24) is 0 Å². The summed E-state index contributed by atoms with van der Waals surface area (Å²) >= 11 is 0. The molecule has 0 saturated heterocycles. The maximum atomic E-state index is 5.82. The van der Waals surface area contributed by atoms with Crippen LogP contribution in [0.5, 0.6) is 0 Å². The van der Waals surface area contributed by atoms with Crippen LogP contribution in [0.3, 0.4) is 0 Å². The van der Waals surface area contributed by atoms with Crippen molar-refractivity contribution in [2.75, 3.05) is 0 Å². The summed E-state index contributed by atoms with van der Waals surface area (Å²) in [6.45, 7) is 3.05. The van der Waals surface area contributed by atoms with Crippen LogP contribution in [0.25, 0.3) is 0 Å². The Morgan fingerprint density at radius 1 is 1.19 bits per heavy atom. The van der Waals surface area contributed by atoms with Gasteiger partial charge in [-0.25, -0.2) is 0 Å². The number of rotatable bonds is 3. The molecule has 0 aromatic heterocycles. The molecule has 0 bridgehead atoms. The summed E-state index contributed by atoms with van der Waals surface area (Å²) in [7, 11) is 0. The summed E-state index contributed by atoms with van der Waals surface area (Å²) in [6.07, 6.45) is 7.07. The molecule has 2 N–H and O–H groups in total. The van der Waals surface area contributed by atoms with Crippen molar-refractivity contribution in [3.63, 3.8) is 0 Å². The first kappa shape index (κ1) is 11.7. The van der Waals surface area contributed by atoms with Gasteiger partial charge in [-0.2, -0.15) is 0 Å². The standard InChI is InChI=1S/C15H23N/c1-12(13-7-3-2-4-8-13)15-10-6-5-9-14(15)11-16/h5-6,9-10,12-13H,2-4,7-8,11,16H2,1H3. The summed E-state index contributed by atoms with van der Waals surface area (Å²) in [6, 6.07) is 8.68. The average Bonchev–Trinajstić information content (AvgIpc) is 2.39. The molecule has 1 aliphatic rings. The van der Waals surface area contributed by atoms with E-state index in [9.17, 15) is 0 Å². The van der Waals surface area contributed by atoms with Crippen molar-refractivity contribution in [2.24, 2.45) is 11.7 Å². The molecule has 0 aliphatic heterocycles. The molecule has 16 heavy (non-hydrogen) atoms. The molecule has 1 saturated carbocycles. The summed E-state index contributed by atoms with van der Waals surface area (Å²) < 4.78 is 0. The highest BCUT2D eigenvalue weighted by molar-refractivity contribution is 5.30. The van der Waals surface area contributed by atoms with Gasteiger partial charge < -0.3 is 5.73 Å². The van der Waals surface area contributed by atoms with Crippen LogP contribution < -0.4 is 5.73 Å². The zero-order valence-corrected chi connectivity index (χ0v) is 10.3. The van der Waals surface area contributed by atoms with Gasteiger partial charge in [0, 0.05) is 6.54 Å². The Bertz CT molecular complexity index is 326. The predicted octanol–water partition coefficient (Wildman–Crippen LogP) is 3.83. The summed E-state index contributed by atoms with van der Waals surface area (Å²) in [5, 5.41) is 0. The molecule has 1 heteroatoms. The van der Waals surface area contributed by atoms with E-state index in [0.717, 1.165) is 5.92 Å². The van der Waals surface area contributed by atoms with Crippen LogP contribution in [0.4, 0.5) is 0 Å². The highest BCUT2D eigenvalue weighted by atomic mass is 14.5. The van der Waals surface area contributed by atoms with E-state index in [0.29, 0.717) is 12.5 Å². The third-order valence-corrected chi connectivity index (χ3v) is 4.12. The molecule has 1 aliphatic carbocycles. The highest BCUT2D eigenvalue weighted by Crippen LogP contribution is 2.36. The van der Waals surface area contributed by atoms with E-state index in [2.05, 4.69) is 31.2 Å². The van der Waals surface area contributed by atoms with Gasteiger partial charge in [0.25, 0.3) is 0 Å². The number of hydrogen-bond acceptors (Lipinski definition) is 1. The van der Waals surface area contributed by atoms with Gasteiger partial charge in [0.05, 0.1) is 0 Å². The van der Waals surface area contributed by atoms with Crippen LogP contribution in [0.15, 0.2) is 24.3 Å². The van der Waals surface area contributed by atoms with Crippen LogP contribution in [-0.2, 0) is 6.54 Å². The largest absolute Gasteiger partial charge is 0.326 e. The monoisotopic (exact) mass is 217 g/mol. The maximum Gasteiger partial charge on any atom is 0.0180 e. The van der Waals surface area contributed by atoms with Gasteiger partial charge in [0.15, 0.2) is 0 Å². The van der Waals surface area contributed by atoms with Crippen LogP contribution in [0.2, 0.25) is 0 Å². The Kier molecular flexibility index (Phi) is 4.00. The van der Waals surface area contributed by atoms with Crippen LogP contribution in [-0.4, -0.2) is 0 Å². The molecule has 1 fully saturated rings. The normalized spacial score (nSPS) is 19.6. The van der Waals surface area contributed by atoms with Crippen molar-refractivity contribution in [3.05, 3.63) is 35.4 Å². The van der Waals surface area contributed by atoms with E-state index < -0.39 is 0 Å². The van der Waals surface area contributed by atoms with Gasteiger partial charge in [-0.15, -0.1) is 0 Å². The molecule has 0 radical (unpaired) electrons. The first-order chi connectivity index (χ1) is 7.83. The first-order valence-electron chi connectivity index (χ1n) is 6.61. The third kappa shape index (κ3) is 2.46. The van der Waals surface area contributed by atoms with E-state index in [1.54, 1.807) is 0 Å². The highest BCUT2D eigenvalue weighted by Gasteiger charge is 2.22. The summed E-state index contributed by atoms with van der Waals surface area (Å²) in [4.78, 5) is 0. The fourth-order valence-corrected chi connectivity index (χ4v) is 3.05. The van der Waals surface area contributed by atoms with Crippen LogP contribution >= 0.6 is 0 Å². The fraction of sp³-hybridized carbons (Fsp3) is 0.600. The second kappa shape index (κ2) is 5.49. The van der Waals surface area contributed by atoms with Crippen molar-refractivity contribution < 1.29 is 0 Å². The molecular formula is C15H23N. The Morgan fingerprint density at radius 2 is 1.88 bits per heavy atom. The molecule has 0 heterocycles. The molecule has 0 spiro atoms. The van der Waals surface area contributed by atoms with Gasteiger partial charge in [-0.1, -0.05) is 50.5 Å². The minimum Gasteiger partial charge on any atom is -0.326 e. The van der Waals surface area contributed by atoms with E-state index in [4.69, 9.17) is 5.73 Å². The van der Waals surface area contributed by atoms with E-state index in [-0.39, 0.29) is 0 Å². The number of hydrogen-bond donors (Lipinski definition) is 1. The van der Waals surface area contributed by atoms with Crippen molar-refractivity contribution >= 4 is 0 Å². The van der Waals surface area contributed by atoms with Crippen molar-refractivity contribution in [2.45, 2.75) is 51.5 Å². The minimum atomic E-state index is 0.674. The van der Waals surface area contributed by atoms with E-state index in [1.165, 1.54) is 43.2 Å². The fourth-order valence-electron chi connectivity index (χ4n) is 3.05. The lowest BCUT2D eigenvalue weighted by atomic mass is 9.77. The topological polar surface area (TPSA) is 26.0 Å². The Labute approximate surface area is 99.0 Å². The average molecular weight is 217 g/mol. The molecule has 1 aromatic carbocycles. The third-order valence-electron chi connectivity index (χ3n) is 4.12. The predicted molar refractivity (Wildman–Crippen MR) is 69.3 cm³/mol. The van der Waals surface area contributed by atoms with Crippen molar-refractivity contribution in [3.8, 4) is 0 Å². The van der Waals surface area contributed by atoms with E-state index in [1.807, 2.05) is 0 Å². The van der Waals surface area contributed by atoms with Crippen molar-refractivity contribution in [1.29, 1.82) is 0 Å². The molecule has 0 amide bonds. The summed E-state index contributed by atoms with van der Waals surface area (Å²) in [5.74, 6) is 1.56. The summed E-state index contributed by atoms with van der Waals surface area (Å²) in [5.41, 5.74) is 8.64. The second-order valence-electron chi connectivity index (χ2n) is 5.09. The van der Waals surface area contributed by atoms with Crippen LogP contribution in [0, 0.1) is 5.92 Å². The number of nitrogens with two attached hydrogens (primary N) is 1.